The van der Waals surface area contributed by atoms with Crippen molar-refractivity contribution in [2.75, 3.05) is 13.1 Å². The van der Waals surface area contributed by atoms with Crippen molar-refractivity contribution in [2.45, 2.75) is 33.2 Å². The number of hydrogen-bond acceptors (Lipinski definition) is 3. The molecule has 1 atom stereocenters. The van der Waals surface area contributed by atoms with Crippen LogP contribution in [0.25, 0.3) is 0 Å². The molecule has 1 fully saturated rings. The first-order valence-corrected chi connectivity index (χ1v) is 6.23. The van der Waals surface area contributed by atoms with Gasteiger partial charge in [0.1, 0.15) is 5.76 Å². The molecule has 0 aromatic carbocycles. The maximum absolute atomic E-state index is 8.85. The lowest BCUT2D eigenvalue weighted by Gasteiger charge is -2.43. The van der Waals surface area contributed by atoms with E-state index in [0.29, 0.717) is 12.3 Å². The smallest absolute Gasteiger partial charge is 0.117 e. The van der Waals surface area contributed by atoms with Gasteiger partial charge in [-0.05, 0) is 36.4 Å². The maximum Gasteiger partial charge on any atom is 0.117 e. The Bertz CT molecular complexity index is 389. The highest BCUT2D eigenvalue weighted by Gasteiger charge is 2.35. The first kappa shape index (κ1) is 12.2. The second kappa shape index (κ2) is 4.93. The normalized spacial score (nSPS) is 24.4. The van der Waals surface area contributed by atoms with Gasteiger partial charge in [-0.25, -0.2) is 0 Å². The van der Waals surface area contributed by atoms with Gasteiger partial charge in [0, 0.05) is 13.0 Å². The number of rotatable bonds is 3. The fraction of sp³-hybridized carbons (Fsp3) is 0.643. The van der Waals surface area contributed by atoms with Crippen molar-refractivity contribution in [3.05, 3.63) is 24.2 Å². The lowest BCUT2D eigenvalue weighted by molar-refractivity contribution is 0.0487. The summed E-state index contributed by atoms with van der Waals surface area (Å²) in [6.07, 6.45) is 3.52. The molecule has 92 valence electrons. The van der Waals surface area contributed by atoms with Crippen LogP contribution in [0.5, 0.6) is 0 Å². The summed E-state index contributed by atoms with van der Waals surface area (Å²) in [5.74, 6) is 1.56. The summed E-state index contributed by atoms with van der Waals surface area (Å²) in [7, 11) is 0. The molecule has 1 saturated heterocycles. The van der Waals surface area contributed by atoms with Crippen LogP contribution >= 0.6 is 0 Å². The third-order valence-electron chi connectivity index (χ3n) is 3.83. The molecule has 0 aliphatic carbocycles. The second-order valence-electron chi connectivity index (χ2n) is 5.63. The molecule has 2 heterocycles. The summed E-state index contributed by atoms with van der Waals surface area (Å²) < 4.78 is 5.38. The zero-order chi connectivity index (χ0) is 12.3. The van der Waals surface area contributed by atoms with Crippen LogP contribution in [0.2, 0.25) is 0 Å². The van der Waals surface area contributed by atoms with Crippen LogP contribution in [0.3, 0.4) is 0 Å². The van der Waals surface area contributed by atoms with Crippen molar-refractivity contribution in [3.8, 4) is 6.07 Å². The minimum absolute atomic E-state index is 0.223. The fourth-order valence-electron chi connectivity index (χ4n) is 2.76. The zero-order valence-electron chi connectivity index (χ0n) is 10.6. The van der Waals surface area contributed by atoms with Gasteiger partial charge in [0.25, 0.3) is 0 Å². The number of likely N-dealkylation sites (tertiary alicyclic amines) is 1. The van der Waals surface area contributed by atoms with E-state index in [2.05, 4.69) is 24.8 Å². The summed E-state index contributed by atoms with van der Waals surface area (Å²) >= 11 is 0. The summed E-state index contributed by atoms with van der Waals surface area (Å²) in [6, 6.07) is 6.27. The monoisotopic (exact) mass is 232 g/mol. The van der Waals surface area contributed by atoms with Gasteiger partial charge in [0.15, 0.2) is 0 Å². The largest absolute Gasteiger partial charge is 0.468 e. The van der Waals surface area contributed by atoms with Crippen LogP contribution in [-0.4, -0.2) is 18.0 Å². The Balaban J connectivity index is 1.95. The standard InChI is InChI=1S/C14H20N2O/c1-14(2)11-16(8-6-12(14)5-7-15)10-13-4-3-9-17-13/h3-4,9,12H,5-6,8,10-11H2,1-2H3. The minimum atomic E-state index is 0.223. The van der Waals surface area contributed by atoms with Crippen molar-refractivity contribution in [1.82, 2.24) is 4.90 Å². The van der Waals surface area contributed by atoms with Crippen molar-refractivity contribution in [3.63, 3.8) is 0 Å². The molecule has 1 aromatic rings. The number of piperidine rings is 1. The van der Waals surface area contributed by atoms with E-state index in [4.69, 9.17) is 9.68 Å². The lowest BCUT2D eigenvalue weighted by atomic mass is 9.72. The SMILES string of the molecule is CC1(C)CN(Cc2ccco2)CCC1CC#N. The summed E-state index contributed by atoms with van der Waals surface area (Å²) in [5.41, 5.74) is 0.223. The third-order valence-corrected chi connectivity index (χ3v) is 3.83. The lowest BCUT2D eigenvalue weighted by Crippen LogP contribution is -2.45. The van der Waals surface area contributed by atoms with Crippen LogP contribution < -0.4 is 0 Å². The fourth-order valence-corrected chi connectivity index (χ4v) is 2.76. The van der Waals surface area contributed by atoms with Gasteiger partial charge in [-0.2, -0.15) is 5.26 Å². The van der Waals surface area contributed by atoms with E-state index in [0.717, 1.165) is 31.8 Å². The van der Waals surface area contributed by atoms with Crippen LogP contribution in [0.4, 0.5) is 0 Å². The topological polar surface area (TPSA) is 40.2 Å². The molecular formula is C14H20N2O. The first-order chi connectivity index (χ1) is 8.12. The van der Waals surface area contributed by atoms with Gasteiger partial charge in [0.05, 0.1) is 18.9 Å². The summed E-state index contributed by atoms with van der Waals surface area (Å²) in [6.45, 7) is 7.53. The quantitative estimate of drug-likeness (QED) is 0.804. The molecule has 0 spiro atoms. The van der Waals surface area contributed by atoms with E-state index in [1.165, 1.54) is 0 Å². The molecule has 1 unspecified atom stereocenters. The third kappa shape index (κ3) is 2.89. The van der Waals surface area contributed by atoms with Crippen molar-refractivity contribution >= 4 is 0 Å². The number of nitrogens with zero attached hydrogens (tertiary/aromatic N) is 2. The molecule has 0 N–H and O–H groups in total. The minimum Gasteiger partial charge on any atom is -0.468 e. The Morgan fingerprint density at radius 3 is 3.00 bits per heavy atom. The van der Waals surface area contributed by atoms with Gasteiger partial charge < -0.3 is 4.42 Å². The molecule has 0 bridgehead atoms. The van der Waals surface area contributed by atoms with E-state index in [-0.39, 0.29) is 5.41 Å². The highest BCUT2D eigenvalue weighted by atomic mass is 16.3. The van der Waals surface area contributed by atoms with Crippen LogP contribution in [-0.2, 0) is 6.54 Å². The zero-order valence-corrected chi connectivity index (χ0v) is 10.6. The predicted molar refractivity (Wildman–Crippen MR) is 66.1 cm³/mol. The first-order valence-electron chi connectivity index (χ1n) is 6.23. The average Bonchev–Trinajstić information content (AvgIpc) is 2.74. The van der Waals surface area contributed by atoms with Gasteiger partial charge in [-0.15, -0.1) is 0 Å². The van der Waals surface area contributed by atoms with Crippen molar-refractivity contribution in [2.24, 2.45) is 11.3 Å². The Labute approximate surface area is 103 Å². The molecule has 1 aliphatic heterocycles. The average molecular weight is 232 g/mol. The molecule has 0 amide bonds. The maximum atomic E-state index is 8.85. The summed E-state index contributed by atoms with van der Waals surface area (Å²) in [4.78, 5) is 2.42. The van der Waals surface area contributed by atoms with E-state index in [1.807, 2.05) is 12.1 Å². The molecule has 1 aromatic heterocycles. The number of hydrogen-bond donors (Lipinski definition) is 0. The van der Waals surface area contributed by atoms with Gasteiger partial charge in [-0.1, -0.05) is 13.8 Å². The van der Waals surface area contributed by atoms with Crippen molar-refractivity contribution < 1.29 is 4.42 Å². The Morgan fingerprint density at radius 2 is 2.41 bits per heavy atom. The van der Waals surface area contributed by atoms with Crippen LogP contribution in [0, 0.1) is 22.7 Å². The van der Waals surface area contributed by atoms with Gasteiger partial charge in [-0.3, -0.25) is 4.90 Å². The van der Waals surface area contributed by atoms with E-state index >= 15 is 0 Å². The summed E-state index contributed by atoms with van der Waals surface area (Å²) in [5, 5.41) is 8.85. The van der Waals surface area contributed by atoms with E-state index in [1.54, 1.807) is 6.26 Å². The van der Waals surface area contributed by atoms with Crippen molar-refractivity contribution in [1.29, 1.82) is 5.26 Å². The molecular weight excluding hydrogens is 212 g/mol. The molecule has 0 radical (unpaired) electrons. The molecule has 3 nitrogen and oxygen atoms in total. The predicted octanol–water partition coefficient (Wildman–Crippen LogP) is 3.04. The molecule has 3 heteroatoms. The highest BCUT2D eigenvalue weighted by molar-refractivity contribution is 4.99. The Hall–Kier alpha value is -1.27. The number of nitriles is 1. The number of furan rings is 1. The van der Waals surface area contributed by atoms with Crippen LogP contribution in [0.15, 0.2) is 22.8 Å². The van der Waals surface area contributed by atoms with Gasteiger partial charge >= 0.3 is 0 Å². The molecule has 0 saturated carbocycles. The Morgan fingerprint density at radius 1 is 1.59 bits per heavy atom. The molecule has 1 aliphatic rings. The van der Waals surface area contributed by atoms with Gasteiger partial charge in [0.2, 0.25) is 0 Å². The second-order valence-corrected chi connectivity index (χ2v) is 5.63. The van der Waals surface area contributed by atoms with E-state index < -0.39 is 0 Å². The molecule has 17 heavy (non-hydrogen) atoms. The Kier molecular flexibility index (Phi) is 3.54. The van der Waals surface area contributed by atoms with E-state index in [9.17, 15) is 0 Å². The van der Waals surface area contributed by atoms with Crippen LogP contribution in [0.1, 0.15) is 32.4 Å². The highest BCUT2D eigenvalue weighted by Crippen LogP contribution is 2.37. The molecule has 2 rings (SSSR count).